The average molecular weight is 269 g/mol. The van der Waals surface area contributed by atoms with Gasteiger partial charge in [-0.15, -0.1) is 0 Å². The van der Waals surface area contributed by atoms with Crippen molar-refractivity contribution in [3.63, 3.8) is 0 Å². The second kappa shape index (κ2) is 7.05. The smallest absolute Gasteiger partial charge is 0.0597 e. The maximum Gasteiger partial charge on any atom is 0.0597 e. The Morgan fingerprint density at radius 2 is 1.79 bits per heavy atom. The van der Waals surface area contributed by atoms with E-state index in [0.717, 1.165) is 25.7 Å². The van der Waals surface area contributed by atoms with Crippen LogP contribution in [0.2, 0.25) is 0 Å². The topological polar surface area (TPSA) is 30.5 Å². The van der Waals surface area contributed by atoms with Crippen molar-refractivity contribution in [2.24, 2.45) is 17.8 Å². The molecule has 2 fully saturated rings. The lowest BCUT2D eigenvalue weighted by Crippen LogP contribution is -2.48. The lowest BCUT2D eigenvalue weighted by atomic mass is 9.75. The molecule has 3 nitrogen and oxygen atoms in total. The average Bonchev–Trinajstić information content (AvgIpc) is 2.67. The molecule has 0 aromatic rings. The van der Waals surface area contributed by atoms with E-state index in [2.05, 4.69) is 33.0 Å². The highest BCUT2D eigenvalue weighted by Crippen LogP contribution is 2.38. The summed E-state index contributed by atoms with van der Waals surface area (Å²) in [5.74, 6) is 2.04. The molecular formula is C16H31NO2. The van der Waals surface area contributed by atoms with Crippen LogP contribution in [0.3, 0.4) is 0 Å². The second-order valence-corrected chi connectivity index (χ2v) is 6.41. The van der Waals surface area contributed by atoms with E-state index in [9.17, 15) is 0 Å². The standard InChI is InChI=1S/C16H31NO2/c1-5-8-17-16(14-6-9-18-10-7-14)15-11(2)12(3)19-13(15)4/h11-17H,5-10H2,1-4H3. The molecule has 0 saturated carbocycles. The molecule has 2 saturated heterocycles. The van der Waals surface area contributed by atoms with Gasteiger partial charge in [-0.2, -0.15) is 0 Å². The van der Waals surface area contributed by atoms with Gasteiger partial charge in [0.05, 0.1) is 12.2 Å². The summed E-state index contributed by atoms with van der Waals surface area (Å²) < 4.78 is 11.6. The van der Waals surface area contributed by atoms with Crippen LogP contribution < -0.4 is 5.32 Å². The van der Waals surface area contributed by atoms with Gasteiger partial charge in [-0.25, -0.2) is 0 Å². The van der Waals surface area contributed by atoms with Gasteiger partial charge in [0.1, 0.15) is 0 Å². The normalized spacial score (nSPS) is 38.5. The maximum absolute atomic E-state index is 6.07. The fraction of sp³-hybridized carbons (Fsp3) is 1.00. The van der Waals surface area contributed by atoms with Gasteiger partial charge in [0.25, 0.3) is 0 Å². The predicted octanol–water partition coefficient (Wildman–Crippen LogP) is 2.84. The summed E-state index contributed by atoms with van der Waals surface area (Å²) in [7, 11) is 0. The Hall–Kier alpha value is -0.120. The van der Waals surface area contributed by atoms with Crippen molar-refractivity contribution in [1.29, 1.82) is 0 Å². The minimum Gasteiger partial charge on any atom is -0.381 e. The third-order valence-electron chi connectivity index (χ3n) is 5.14. The van der Waals surface area contributed by atoms with E-state index in [4.69, 9.17) is 9.47 Å². The Morgan fingerprint density at radius 1 is 1.11 bits per heavy atom. The highest BCUT2D eigenvalue weighted by atomic mass is 16.5. The van der Waals surface area contributed by atoms with Gasteiger partial charge in [-0.3, -0.25) is 0 Å². The van der Waals surface area contributed by atoms with Crippen LogP contribution in [0.5, 0.6) is 0 Å². The lowest BCUT2D eigenvalue weighted by Gasteiger charge is -2.38. The first kappa shape index (κ1) is 15.3. The molecule has 2 rings (SSSR count). The zero-order valence-corrected chi connectivity index (χ0v) is 13.0. The summed E-state index contributed by atoms with van der Waals surface area (Å²) in [5, 5.41) is 3.83. The summed E-state index contributed by atoms with van der Waals surface area (Å²) in [4.78, 5) is 0. The number of ether oxygens (including phenoxy) is 2. The van der Waals surface area contributed by atoms with Gasteiger partial charge >= 0.3 is 0 Å². The van der Waals surface area contributed by atoms with E-state index in [0.29, 0.717) is 30.1 Å². The van der Waals surface area contributed by atoms with E-state index < -0.39 is 0 Å². The van der Waals surface area contributed by atoms with Gasteiger partial charge in [-0.1, -0.05) is 13.8 Å². The fourth-order valence-corrected chi connectivity index (χ4v) is 3.92. The number of nitrogens with one attached hydrogen (secondary N) is 1. The second-order valence-electron chi connectivity index (χ2n) is 6.41. The van der Waals surface area contributed by atoms with Crippen LogP contribution in [0, 0.1) is 17.8 Å². The Balaban J connectivity index is 2.07. The van der Waals surface area contributed by atoms with Gasteiger partial charge in [0.15, 0.2) is 0 Å². The van der Waals surface area contributed by atoms with Crippen molar-refractivity contribution < 1.29 is 9.47 Å². The number of rotatable bonds is 5. The van der Waals surface area contributed by atoms with Crippen molar-refractivity contribution in [2.45, 2.75) is 65.2 Å². The first-order chi connectivity index (χ1) is 9.15. The van der Waals surface area contributed by atoms with Crippen LogP contribution >= 0.6 is 0 Å². The molecule has 2 heterocycles. The molecule has 112 valence electrons. The summed E-state index contributed by atoms with van der Waals surface area (Å²) in [6.45, 7) is 12.1. The summed E-state index contributed by atoms with van der Waals surface area (Å²) >= 11 is 0. The minimum atomic E-state index is 0.377. The molecule has 0 spiro atoms. The lowest BCUT2D eigenvalue weighted by molar-refractivity contribution is 0.0227. The third kappa shape index (κ3) is 3.50. The van der Waals surface area contributed by atoms with Crippen molar-refractivity contribution in [1.82, 2.24) is 5.32 Å². The maximum atomic E-state index is 6.07. The first-order valence-electron chi connectivity index (χ1n) is 8.11. The summed E-state index contributed by atoms with van der Waals surface area (Å²) in [5.41, 5.74) is 0. The van der Waals surface area contributed by atoms with Crippen LogP contribution in [-0.4, -0.2) is 38.0 Å². The van der Waals surface area contributed by atoms with Crippen LogP contribution in [-0.2, 0) is 9.47 Å². The molecule has 19 heavy (non-hydrogen) atoms. The molecule has 0 radical (unpaired) electrons. The molecule has 2 aliphatic heterocycles. The Bertz CT molecular complexity index is 265. The van der Waals surface area contributed by atoms with Gasteiger partial charge < -0.3 is 14.8 Å². The fourth-order valence-electron chi connectivity index (χ4n) is 3.92. The molecular weight excluding hydrogens is 238 g/mol. The van der Waals surface area contributed by atoms with E-state index in [-0.39, 0.29) is 0 Å². The Kier molecular flexibility index (Phi) is 5.67. The van der Waals surface area contributed by atoms with Crippen LogP contribution in [0.4, 0.5) is 0 Å². The van der Waals surface area contributed by atoms with Crippen LogP contribution in [0.15, 0.2) is 0 Å². The quantitative estimate of drug-likeness (QED) is 0.832. The molecule has 0 amide bonds. The van der Waals surface area contributed by atoms with Crippen molar-refractivity contribution in [3.05, 3.63) is 0 Å². The van der Waals surface area contributed by atoms with Gasteiger partial charge in [0, 0.05) is 25.2 Å². The largest absolute Gasteiger partial charge is 0.381 e. The monoisotopic (exact) mass is 269 g/mol. The van der Waals surface area contributed by atoms with E-state index in [1.54, 1.807) is 0 Å². The highest BCUT2D eigenvalue weighted by Gasteiger charge is 2.44. The molecule has 1 N–H and O–H groups in total. The highest BCUT2D eigenvalue weighted by molar-refractivity contribution is 4.95. The molecule has 3 heteroatoms. The zero-order valence-electron chi connectivity index (χ0n) is 13.0. The van der Waals surface area contributed by atoms with Crippen LogP contribution in [0.25, 0.3) is 0 Å². The van der Waals surface area contributed by atoms with E-state index >= 15 is 0 Å². The minimum absolute atomic E-state index is 0.377. The molecule has 5 unspecified atom stereocenters. The summed E-state index contributed by atoms with van der Waals surface area (Å²) in [6.07, 6.45) is 4.37. The van der Waals surface area contributed by atoms with Crippen molar-refractivity contribution in [2.75, 3.05) is 19.8 Å². The van der Waals surface area contributed by atoms with E-state index in [1.165, 1.54) is 19.3 Å². The predicted molar refractivity (Wildman–Crippen MR) is 78.3 cm³/mol. The van der Waals surface area contributed by atoms with Crippen molar-refractivity contribution in [3.8, 4) is 0 Å². The number of hydrogen-bond acceptors (Lipinski definition) is 3. The molecule has 0 aromatic carbocycles. The Morgan fingerprint density at radius 3 is 2.32 bits per heavy atom. The SMILES string of the molecule is CCCNC(C1CCOCC1)C1C(C)OC(C)C1C. The van der Waals surface area contributed by atoms with E-state index in [1.807, 2.05) is 0 Å². The van der Waals surface area contributed by atoms with Crippen LogP contribution in [0.1, 0.15) is 47.0 Å². The molecule has 0 aliphatic carbocycles. The van der Waals surface area contributed by atoms with Crippen molar-refractivity contribution >= 4 is 0 Å². The number of hydrogen-bond donors (Lipinski definition) is 1. The Labute approximate surface area is 118 Å². The molecule has 0 aromatic heterocycles. The van der Waals surface area contributed by atoms with Gasteiger partial charge in [0.2, 0.25) is 0 Å². The van der Waals surface area contributed by atoms with Gasteiger partial charge in [-0.05, 0) is 51.5 Å². The summed E-state index contributed by atoms with van der Waals surface area (Å²) in [6, 6.07) is 0.596. The molecule has 2 aliphatic rings. The zero-order chi connectivity index (χ0) is 13.8. The first-order valence-corrected chi connectivity index (χ1v) is 8.11. The molecule has 5 atom stereocenters. The third-order valence-corrected chi connectivity index (χ3v) is 5.14. The molecule has 0 bridgehead atoms.